The summed E-state index contributed by atoms with van der Waals surface area (Å²) in [5, 5.41) is 12.6. The molecular weight excluding hydrogens is 332 g/mol. The van der Waals surface area contributed by atoms with E-state index in [1.54, 1.807) is 18.2 Å². The van der Waals surface area contributed by atoms with Gasteiger partial charge in [0.2, 0.25) is 5.88 Å². The zero-order chi connectivity index (χ0) is 18.4. The van der Waals surface area contributed by atoms with Crippen molar-refractivity contribution in [1.82, 2.24) is 14.9 Å². The minimum absolute atomic E-state index is 0.341. The zero-order valence-corrected chi connectivity index (χ0v) is 14.9. The molecule has 0 bridgehead atoms. The number of likely N-dealkylation sites (tertiary alicyclic amines) is 1. The van der Waals surface area contributed by atoms with Gasteiger partial charge in [-0.15, -0.1) is 0 Å². The molecule has 2 N–H and O–H groups in total. The van der Waals surface area contributed by atoms with E-state index < -0.39 is 5.97 Å². The highest BCUT2D eigenvalue weighted by Gasteiger charge is 2.20. The van der Waals surface area contributed by atoms with Crippen molar-refractivity contribution in [3.63, 3.8) is 0 Å². The summed E-state index contributed by atoms with van der Waals surface area (Å²) >= 11 is 0. The number of piperidine rings is 1. The van der Waals surface area contributed by atoms with Gasteiger partial charge in [-0.2, -0.15) is 0 Å². The lowest BCUT2D eigenvalue weighted by Gasteiger charge is -2.32. The normalized spacial score (nSPS) is 15.6. The fraction of sp³-hybridized carbons (Fsp3) is 0.421. The van der Waals surface area contributed by atoms with Crippen molar-refractivity contribution in [2.45, 2.75) is 32.4 Å². The number of benzene rings is 1. The number of hydrogen-bond acceptors (Lipinski definition) is 6. The topological polar surface area (TPSA) is 87.6 Å². The molecule has 0 atom stereocenters. The molecule has 0 spiro atoms. The Kier molecular flexibility index (Phi) is 6.01. The fourth-order valence-electron chi connectivity index (χ4n) is 3.15. The summed E-state index contributed by atoms with van der Waals surface area (Å²) in [7, 11) is 0. The number of carboxylic acid groups (broad SMARTS) is 1. The number of ether oxygens (including phenoxy) is 1. The largest absolute Gasteiger partial charge is 0.478 e. The smallest absolute Gasteiger partial charge is 0.335 e. The fourth-order valence-corrected chi connectivity index (χ4v) is 3.15. The number of hydrogen-bond donors (Lipinski definition) is 2. The molecule has 1 aliphatic heterocycles. The van der Waals surface area contributed by atoms with Crippen LogP contribution in [0.25, 0.3) is 0 Å². The number of rotatable bonds is 7. The molecule has 0 saturated carbocycles. The lowest BCUT2D eigenvalue weighted by molar-refractivity contribution is 0.0696. The summed E-state index contributed by atoms with van der Waals surface area (Å²) in [4.78, 5) is 21.8. The van der Waals surface area contributed by atoms with E-state index in [1.165, 1.54) is 6.33 Å². The summed E-state index contributed by atoms with van der Waals surface area (Å²) in [6.45, 7) is 5.20. The first-order valence-electron chi connectivity index (χ1n) is 8.90. The molecule has 1 saturated heterocycles. The van der Waals surface area contributed by atoms with Crippen LogP contribution in [0.15, 0.2) is 36.7 Å². The van der Waals surface area contributed by atoms with Gasteiger partial charge in [0, 0.05) is 31.7 Å². The Morgan fingerprint density at radius 3 is 2.85 bits per heavy atom. The van der Waals surface area contributed by atoms with Crippen LogP contribution >= 0.6 is 0 Å². The third-order valence-corrected chi connectivity index (χ3v) is 4.45. The van der Waals surface area contributed by atoms with E-state index in [1.807, 2.05) is 19.1 Å². The molecule has 7 nitrogen and oxygen atoms in total. The van der Waals surface area contributed by atoms with E-state index in [2.05, 4.69) is 20.2 Å². The molecule has 7 heteroatoms. The standard InChI is InChI=1S/C19H24N4O3/c1-2-26-18-11-17(20-13-21-18)22-16-6-8-23(9-7-16)12-14-4-3-5-15(10-14)19(24)25/h3-5,10-11,13,16H,2,6-9,12H2,1H3,(H,24,25)(H,20,21,22). The molecule has 0 aliphatic carbocycles. The second-order valence-corrected chi connectivity index (χ2v) is 6.37. The van der Waals surface area contributed by atoms with Gasteiger partial charge in [0.05, 0.1) is 12.2 Å². The predicted molar refractivity (Wildman–Crippen MR) is 98.5 cm³/mol. The summed E-state index contributed by atoms with van der Waals surface area (Å²) < 4.78 is 5.40. The van der Waals surface area contributed by atoms with E-state index in [9.17, 15) is 4.79 Å². The second kappa shape index (κ2) is 8.62. The van der Waals surface area contributed by atoms with Gasteiger partial charge in [0.1, 0.15) is 12.1 Å². The van der Waals surface area contributed by atoms with Crippen molar-refractivity contribution in [1.29, 1.82) is 0 Å². The Balaban J connectivity index is 1.50. The highest BCUT2D eigenvalue weighted by Crippen LogP contribution is 2.19. The Labute approximate surface area is 153 Å². The first kappa shape index (κ1) is 18.1. The molecule has 0 unspecified atom stereocenters. The molecule has 1 aromatic heterocycles. The third kappa shape index (κ3) is 4.92. The average Bonchev–Trinajstić information content (AvgIpc) is 2.64. The van der Waals surface area contributed by atoms with Gasteiger partial charge in [0.15, 0.2) is 0 Å². The minimum atomic E-state index is -0.883. The summed E-state index contributed by atoms with van der Waals surface area (Å²) in [5.74, 6) is 0.489. The summed E-state index contributed by atoms with van der Waals surface area (Å²) in [5.41, 5.74) is 1.38. The highest BCUT2D eigenvalue weighted by molar-refractivity contribution is 5.87. The highest BCUT2D eigenvalue weighted by atomic mass is 16.5. The number of nitrogens with one attached hydrogen (secondary N) is 1. The number of carbonyl (C=O) groups is 1. The molecule has 1 fully saturated rings. The van der Waals surface area contributed by atoms with E-state index >= 15 is 0 Å². The van der Waals surface area contributed by atoms with Crippen LogP contribution in [0, 0.1) is 0 Å². The zero-order valence-electron chi connectivity index (χ0n) is 14.9. The van der Waals surface area contributed by atoms with E-state index in [-0.39, 0.29) is 0 Å². The first-order chi connectivity index (χ1) is 12.6. The average molecular weight is 356 g/mol. The number of aromatic carboxylic acids is 1. The molecule has 0 amide bonds. The van der Waals surface area contributed by atoms with Crippen LogP contribution in [0.4, 0.5) is 5.82 Å². The number of anilines is 1. The van der Waals surface area contributed by atoms with Gasteiger partial charge >= 0.3 is 5.97 Å². The van der Waals surface area contributed by atoms with Crippen LogP contribution in [0.2, 0.25) is 0 Å². The number of aromatic nitrogens is 2. The van der Waals surface area contributed by atoms with E-state index in [0.717, 1.165) is 43.9 Å². The van der Waals surface area contributed by atoms with Crippen molar-refractivity contribution in [3.8, 4) is 5.88 Å². The van der Waals surface area contributed by atoms with Crippen LogP contribution in [0.3, 0.4) is 0 Å². The van der Waals surface area contributed by atoms with Crippen LogP contribution in [0.5, 0.6) is 5.88 Å². The lowest BCUT2D eigenvalue weighted by Crippen LogP contribution is -2.38. The third-order valence-electron chi connectivity index (χ3n) is 4.45. The van der Waals surface area contributed by atoms with Crippen LogP contribution in [-0.2, 0) is 6.54 Å². The maximum atomic E-state index is 11.1. The van der Waals surface area contributed by atoms with Crippen LogP contribution in [0.1, 0.15) is 35.7 Å². The van der Waals surface area contributed by atoms with Crippen LogP contribution in [-0.4, -0.2) is 51.7 Å². The molecule has 3 rings (SSSR count). The van der Waals surface area contributed by atoms with Gasteiger partial charge in [-0.1, -0.05) is 12.1 Å². The Bertz CT molecular complexity index is 745. The second-order valence-electron chi connectivity index (χ2n) is 6.37. The molecule has 26 heavy (non-hydrogen) atoms. The van der Waals surface area contributed by atoms with Crippen molar-refractivity contribution in [2.24, 2.45) is 0 Å². The Morgan fingerprint density at radius 1 is 1.31 bits per heavy atom. The van der Waals surface area contributed by atoms with Gasteiger partial charge < -0.3 is 15.2 Å². The Hall–Kier alpha value is -2.67. The minimum Gasteiger partial charge on any atom is -0.478 e. The summed E-state index contributed by atoms with van der Waals surface area (Å²) in [6, 6.07) is 9.35. The van der Waals surface area contributed by atoms with Gasteiger partial charge in [-0.3, -0.25) is 4.90 Å². The first-order valence-corrected chi connectivity index (χ1v) is 8.90. The molecular formula is C19H24N4O3. The van der Waals surface area contributed by atoms with Crippen molar-refractivity contribution in [2.75, 3.05) is 25.0 Å². The van der Waals surface area contributed by atoms with Crippen molar-refractivity contribution < 1.29 is 14.6 Å². The number of nitrogens with zero attached hydrogens (tertiary/aromatic N) is 3. The monoisotopic (exact) mass is 356 g/mol. The molecule has 1 aliphatic rings. The number of carboxylic acids is 1. The predicted octanol–water partition coefficient (Wildman–Crippen LogP) is 2.65. The van der Waals surface area contributed by atoms with Crippen LogP contribution < -0.4 is 10.1 Å². The quantitative estimate of drug-likeness (QED) is 0.788. The SMILES string of the molecule is CCOc1cc(NC2CCN(Cc3cccc(C(=O)O)c3)CC2)ncn1. The molecule has 138 valence electrons. The molecule has 2 aromatic rings. The Morgan fingerprint density at radius 2 is 2.12 bits per heavy atom. The van der Waals surface area contributed by atoms with Gasteiger partial charge in [-0.25, -0.2) is 14.8 Å². The molecule has 0 radical (unpaired) electrons. The van der Waals surface area contributed by atoms with E-state index in [0.29, 0.717) is 24.1 Å². The summed E-state index contributed by atoms with van der Waals surface area (Å²) in [6.07, 6.45) is 3.52. The lowest BCUT2D eigenvalue weighted by atomic mass is 10.0. The maximum Gasteiger partial charge on any atom is 0.335 e. The molecule has 1 aromatic carbocycles. The van der Waals surface area contributed by atoms with E-state index in [4.69, 9.17) is 9.84 Å². The molecule has 2 heterocycles. The van der Waals surface area contributed by atoms with Crippen molar-refractivity contribution >= 4 is 11.8 Å². The van der Waals surface area contributed by atoms with Gasteiger partial charge in [0.25, 0.3) is 0 Å². The van der Waals surface area contributed by atoms with Crippen molar-refractivity contribution in [3.05, 3.63) is 47.8 Å². The van der Waals surface area contributed by atoms with Gasteiger partial charge in [-0.05, 0) is 37.5 Å². The maximum absolute atomic E-state index is 11.1.